The Hall–Kier alpha value is -1.17. The van der Waals surface area contributed by atoms with E-state index in [1.165, 1.54) is 16.9 Å². The van der Waals surface area contributed by atoms with E-state index in [0.717, 1.165) is 36.5 Å². The van der Waals surface area contributed by atoms with Gasteiger partial charge >= 0.3 is 0 Å². The third kappa shape index (κ3) is 3.23. The highest BCUT2D eigenvalue weighted by molar-refractivity contribution is 7.15. The van der Waals surface area contributed by atoms with Gasteiger partial charge < -0.3 is 5.73 Å². The third-order valence-electron chi connectivity index (χ3n) is 3.21. The van der Waals surface area contributed by atoms with Crippen LogP contribution in [0.4, 0.5) is 9.52 Å². The molecule has 102 valence electrons. The van der Waals surface area contributed by atoms with Gasteiger partial charge in [0.25, 0.3) is 0 Å². The van der Waals surface area contributed by atoms with E-state index >= 15 is 0 Å². The van der Waals surface area contributed by atoms with Crippen LogP contribution in [0.25, 0.3) is 0 Å². The van der Waals surface area contributed by atoms with Crippen molar-refractivity contribution < 1.29 is 4.39 Å². The van der Waals surface area contributed by atoms with Crippen molar-refractivity contribution in [2.45, 2.75) is 19.5 Å². The molecule has 2 aromatic rings. The first-order chi connectivity index (χ1) is 8.70. The van der Waals surface area contributed by atoms with E-state index in [9.17, 15) is 4.39 Å². The zero-order valence-corrected chi connectivity index (χ0v) is 11.9. The molecule has 0 radical (unpaired) electrons. The maximum atomic E-state index is 13.2. The molecule has 0 unspecified atom stereocenters. The summed E-state index contributed by atoms with van der Waals surface area (Å²) in [5, 5.41) is 0.605. The molecule has 0 bridgehead atoms. The van der Waals surface area contributed by atoms with Crippen LogP contribution in [0.5, 0.6) is 0 Å². The minimum atomic E-state index is -0.155. The Morgan fingerprint density at radius 3 is 2.95 bits per heavy atom. The van der Waals surface area contributed by atoms with Crippen molar-refractivity contribution in [3.05, 3.63) is 46.2 Å². The largest absolute Gasteiger partial charge is 0.375 e. The highest BCUT2D eigenvalue weighted by atomic mass is 35.5. The van der Waals surface area contributed by atoms with Crippen molar-refractivity contribution in [2.24, 2.45) is 0 Å². The van der Waals surface area contributed by atoms with E-state index in [1.807, 2.05) is 12.3 Å². The summed E-state index contributed by atoms with van der Waals surface area (Å²) < 4.78 is 13.2. The van der Waals surface area contributed by atoms with Crippen LogP contribution in [0, 0.1) is 5.82 Å². The molecule has 0 fully saturated rings. The summed E-state index contributed by atoms with van der Waals surface area (Å²) in [7, 11) is 0. The fourth-order valence-electron chi connectivity index (χ4n) is 2.34. The molecule has 0 saturated carbocycles. The molecular weight excluding hydrogens is 285 g/mol. The van der Waals surface area contributed by atoms with Gasteiger partial charge in [0.05, 0.1) is 0 Å². The molecule has 1 aliphatic rings. The minimum absolute atomic E-state index is 0. The van der Waals surface area contributed by atoms with E-state index in [1.54, 1.807) is 12.1 Å². The molecule has 0 amide bonds. The molecule has 1 aromatic carbocycles. The Morgan fingerprint density at radius 2 is 2.21 bits per heavy atom. The number of hydrogen-bond donors (Lipinski definition) is 1. The number of rotatable bonds is 2. The van der Waals surface area contributed by atoms with Gasteiger partial charge in [0.2, 0.25) is 0 Å². The van der Waals surface area contributed by atoms with Gasteiger partial charge in [0, 0.05) is 30.7 Å². The minimum Gasteiger partial charge on any atom is -0.375 e. The van der Waals surface area contributed by atoms with Crippen LogP contribution in [0.3, 0.4) is 0 Å². The van der Waals surface area contributed by atoms with E-state index < -0.39 is 0 Å². The number of nitrogens with two attached hydrogens (primary N) is 1. The summed E-state index contributed by atoms with van der Waals surface area (Å²) in [5.41, 5.74) is 7.98. The van der Waals surface area contributed by atoms with Crippen LogP contribution in [-0.4, -0.2) is 16.4 Å². The van der Waals surface area contributed by atoms with Crippen LogP contribution < -0.4 is 5.73 Å². The Bertz CT molecular complexity index is 573. The lowest BCUT2D eigenvalue weighted by Gasteiger charge is -2.28. The van der Waals surface area contributed by atoms with Crippen molar-refractivity contribution in [3.63, 3.8) is 0 Å². The molecule has 3 nitrogen and oxygen atoms in total. The van der Waals surface area contributed by atoms with Crippen molar-refractivity contribution in [3.8, 4) is 0 Å². The fraction of sp³-hybridized carbons (Fsp3) is 0.308. The van der Waals surface area contributed by atoms with Crippen LogP contribution in [0.2, 0.25) is 0 Å². The van der Waals surface area contributed by atoms with Crippen molar-refractivity contribution in [1.29, 1.82) is 0 Å². The van der Waals surface area contributed by atoms with Gasteiger partial charge in [-0.25, -0.2) is 9.37 Å². The van der Waals surface area contributed by atoms with Crippen molar-refractivity contribution in [2.75, 3.05) is 12.3 Å². The van der Waals surface area contributed by atoms with Gasteiger partial charge in [-0.3, -0.25) is 4.90 Å². The van der Waals surface area contributed by atoms with Gasteiger partial charge in [0.15, 0.2) is 5.13 Å². The molecule has 6 heteroatoms. The molecule has 3 rings (SSSR count). The van der Waals surface area contributed by atoms with Crippen LogP contribution in [-0.2, 0) is 19.5 Å². The zero-order valence-electron chi connectivity index (χ0n) is 10.3. The lowest BCUT2D eigenvalue weighted by Crippen LogP contribution is -2.29. The summed E-state index contributed by atoms with van der Waals surface area (Å²) >= 11 is 1.52. The van der Waals surface area contributed by atoms with Gasteiger partial charge in [-0.1, -0.05) is 6.07 Å². The number of fused-ring (bicyclic) bond motifs is 1. The third-order valence-corrected chi connectivity index (χ3v) is 4.02. The fourth-order valence-corrected chi connectivity index (χ4v) is 3.06. The highest BCUT2D eigenvalue weighted by Crippen LogP contribution is 2.23. The van der Waals surface area contributed by atoms with Crippen LogP contribution in [0.1, 0.15) is 16.0 Å². The number of hydrogen-bond acceptors (Lipinski definition) is 4. The predicted molar refractivity (Wildman–Crippen MR) is 78.0 cm³/mol. The van der Waals surface area contributed by atoms with E-state index in [-0.39, 0.29) is 18.2 Å². The average molecular weight is 300 g/mol. The van der Waals surface area contributed by atoms with Crippen LogP contribution in [0.15, 0.2) is 24.4 Å². The molecule has 0 saturated heterocycles. The first kappa shape index (κ1) is 14.2. The monoisotopic (exact) mass is 299 g/mol. The standard InChI is InChI=1S/C13H14FN3S.ClH/c14-11-2-1-9-3-4-17(7-10(9)5-11)8-12-6-16-13(15)18-12;/h1-2,5-6H,3-4,7-8H2,(H2,15,16);1H. The quantitative estimate of drug-likeness (QED) is 0.927. The molecule has 1 aromatic heterocycles. The van der Waals surface area contributed by atoms with E-state index in [4.69, 9.17) is 5.73 Å². The number of nitrogen functional groups attached to an aromatic ring is 1. The highest BCUT2D eigenvalue weighted by Gasteiger charge is 2.17. The summed E-state index contributed by atoms with van der Waals surface area (Å²) in [5.74, 6) is -0.155. The normalized spacial score (nSPS) is 14.8. The molecule has 0 spiro atoms. The molecule has 19 heavy (non-hydrogen) atoms. The smallest absolute Gasteiger partial charge is 0.180 e. The maximum absolute atomic E-state index is 13.2. The molecule has 2 N–H and O–H groups in total. The number of aromatic nitrogens is 1. The lowest BCUT2D eigenvalue weighted by molar-refractivity contribution is 0.247. The second kappa shape index (κ2) is 5.86. The van der Waals surface area contributed by atoms with E-state index in [0.29, 0.717) is 5.13 Å². The predicted octanol–water partition coefficient (Wildman–Crippen LogP) is 2.84. The topological polar surface area (TPSA) is 42.1 Å². The average Bonchev–Trinajstić information content (AvgIpc) is 2.74. The second-order valence-electron chi connectivity index (χ2n) is 4.54. The summed E-state index contributed by atoms with van der Waals surface area (Å²) in [6.07, 6.45) is 2.80. The van der Waals surface area contributed by atoms with Gasteiger partial charge in [0.1, 0.15) is 5.82 Å². The Morgan fingerprint density at radius 1 is 1.37 bits per heavy atom. The number of benzene rings is 1. The number of anilines is 1. The first-order valence-electron chi connectivity index (χ1n) is 5.90. The Labute approximate surface area is 121 Å². The molecular formula is C13H15ClFN3S. The van der Waals surface area contributed by atoms with Crippen molar-refractivity contribution in [1.82, 2.24) is 9.88 Å². The van der Waals surface area contributed by atoms with Gasteiger partial charge in [-0.15, -0.1) is 23.7 Å². The summed E-state index contributed by atoms with van der Waals surface area (Å²) in [4.78, 5) is 7.51. The Kier molecular flexibility index (Phi) is 4.39. The molecule has 1 aliphatic heterocycles. The SMILES string of the molecule is Cl.Nc1ncc(CN2CCc3ccc(F)cc3C2)s1. The zero-order chi connectivity index (χ0) is 12.5. The molecule has 0 atom stereocenters. The van der Waals surface area contributed by atoms with E-state index in [2.05, 4.69) is 9.88 Å². The van der Waals surface area contributed by atoms with Crippen LogP contribution >= 0.6 is 23.7 Å². The first-order valence-corrected chi connectivity index (χ1v) is 6.72. The lowest BCUT2D eigenvalue weighted by atomic mass is 10.00. The van der Waals surface area contributed by atoms with Gasteiger partial charge in [-0.05, 0) is 29.7 Å². The molecule has 2 heterocycles. The number of thiazole rings is 1. The molecule has 0 aliphatic carbocycles. The Balaban J connectivity index is 0.00000133. The summed E-state index contributed by atoms with van der Waals surface area (Å²) in [6, 6.07) is 5.08. The number of nitrogens with zero attached hydrogens (tertiary/aromatic N) is 2. The number of halogens is 2. The van der Waals surface area contributed by atoms with Crippen molar-refractivity contribution >= 4 is 28.9 Å². The maximum Gasteiger partial charge on any atom is 0.180 e. The summed E-state index contributed by atoms with van der Waals surface area (Å²) in [6.45, 7) is 2.63. The second-order valence-corrected chi connectivity index (χ2v) is 5.69. The van der Waals surface area contributed by atoms with Gasteiger partial charge in [-0.2, -0.15) is 0 Å².